The summed E-state index contributed by atoms with van der Waals surface area (Å²) >= 11 is 0. The van der Waals surface area contributed by atoms with Crippen LogP contribution in [0.15, 0.2) is 11.6 Å². The highest BCUT2D eigenvalue weighted by molar-refractivity contribution is 5.35. The molecule has 0 aromatic carbocycles. The Balaban J connectivity index is 1.61. The molecule has 0 spiro atoms. The summed E-state index contributed by atoms with van der Waals surface area (Å²) in [5, 5.41) is 33.3. The molecule has 188 valence electrons. The van der Waals surface area contributed by atoms with Crippen LogP contribution in [0.3, 0.4) is 0 Å². The second-order valence-corrected chi connectivity index (χ2v) is 15.2. The standard InChI is InChI=1S/C30H50O3/c1-25(2)14-15-30(18-31)20(16-25)19-8-9-22-27(5)12-11-23(32)26(3,4)21(27)10-13-28(22,6)29(19,7)17-24(30)33/h8,20-24,31-33H,9-18H2,1-7H3/t20-,21-,22+,23-,24-,27+,28+,29-,30+/m0/s1. The zero-order valence-electron chi connectivity index (χ0n) is 22.4. The third-order valence-corrected chi connectivity index (χ3v) is 13.2. The van der Waals surface area contributed by atoms with Gasteiger partial charge in [-0.3, -0.25) is 0 Å². The molecule has 5 aliphatic rings. The van der Waals surface area contributed by atoms with Crippen molar-refractivity contribution in [3.63, 3.8) is 0 Å². The van der Waals surface area contributed by atoms with Crippen LogP contribution in [0.4, 0.5) is 0 Å². The van der Waals surface area contributed by atoms with Crippen LogP contribution >= 0.6 is 0 Å². The van der Waals surface area contributed by atoms with Gasteiger partial charge >= 0.3 is 0 Å². The molecule has 3 N–H and O–H groups in total. The highest BCUT2D eigenvalue weighted by Crippen LogP contribution is 2.75. The van der Waals surface area contributed by atoms with E-state index in [9.17, 15) is 15.3 Å². The van der Waals surface area contributed by atoms with Gasteiger partial charge in [0.05, 0.1) is 18.8 Å². The molecule has 0 aromatic heterocycles. The van der Waals surface area contributed by atoms with Crippen molar-refractivity contribution in [3.8, 4) is 0 Å². The maximum atomic E-state index is 11.7. The average Bonchev–Trinajstić information content (AvgIpc) is 2.71. The average molecular weight is 459 g/mol. The molecule has 0 heterocycles. The minimum absolute atomic E-state index is 0.0275. The first-order chi connectivity index (χ1) is 15.2. The van der Waals surface area contributed by atoms with Crippen LogP contribution in [0.1, 0.15) is 106 Å². The number of aliphatic hydroxyl groups is 3. The predicted molar refractivity (Wildman–Crippen MR) is 134 cm³/mol. The van der Waals surface area contributed by atoms with Gasteiger partial charge in [0.1, 0.15) is 0 Å². The van der Waals surface area contributed by atoms with Crippen LogP contribution in [-0.2, 0) is 0 Å². The number of hydrogen-bond donors (Lipinski definition) is 3. The minimum atomic E-state index is -0.434. The molecule has 5 aliphatic carbocycles. The number of allylic oxidation sites excluding steroid dienone is 2. The Morgan fingerprint density at radius 3 is 2.18 bits per heavy atom. The summed E-state index contributed by atoms with van der Waals surface area (Å²) in [4.78, 5) is 0. The fourth-order valence-electron chi connectivity index (χ4n) is 10.7. The maximum Gasteiger partial charge on any atom is 0.0632 e. The van der Waals surface area contributed by atoms with E-state index in [0.29, 0.717) is 11.8 Å². The van der Waals surface area contributed by atoms with E-state index in [-0.39, 0.29) is 51.1 Å². The quantitative estimate of drug-likeness (QED) is 0.415. The van der Waals surface area contributed by atoms with Gasteiger partial charge in [0.25, 0.3) is 0 Å². The predicted octanol–water partition coefficient (Wildman–Crippen LogP) is 6.11. The Kier molecular flexibility index (Phi) is 5.23. The Bertz CT molecular complexity index is 843. The summed E-state index contributed by atoms with van der Waals surface area (Å²) in [5.41, 5.74) is 1.78. The van der Waals surface area contributed by atoms with Crippen LogP contribution in [0.5, 0.6) is 0 Å². The monoisotopic (exact) mass is 458 g/mol. The molecule has 4 saturated carbocycles. The molecule has 0 aromatic rings. The molecule has 33 heavy (non-hydrogen) atoms. The van der Waals surface area contributed by atoms with Crippen LogP contribution in [0.25, 0.3) is 0 Å². The first kappa shape index (κ1) is 24.3. The molecule has 0 amide bonds. The van der Waals surface area contributed by atoms with E-state index < -0.39 is 6.10 Å². The van der Waals surface area contributed by atoms with Gasteiger partial charge in [0.2, 0.25) is 0 Å². The van der Waals surface area contributed by atoms with Crippen molar-refractivity contribution in [2.45, 2.75) is 118 Å². The lowest BCUT2D eigenvalue weighted by molar-refractivity contribution is -0.218. The van der Waals surface area contributed by atoms with Crippen molar-refractivity contribution in [1.82, 2.24) is 0 Å². The van der Waals surface area contributed by atoms with Crippen LogP contribution < -0.4 is 0 Å². The van der Waals surface area contributed by atoms with E-state index in [4.69, 9.17) is 0 Å². The largest absolute Gasteiger partial charge is 0.396 e. The number of hydrogen-bond acceptors (Lipinski definition) is 3. The lowest BCUT2D eigenvalue weighted by atomic mass is 9.33. The number of fused-ring (bicyclic) bond motifs is 7. The third-order valence-electron chi connectivity index (χ3n) is 13.2. The van der Waals surface area contributed by atoms with Crippen molar-refractivity contribution in [1.29, 1.82) is 0 Å². The Labute approximate surface area is 202 Å². The van der Waals surface area contributed by atoms with Gasteiger partial charge in [-0.05, 0) is 103 Å². The summed E-state index contributed by atoms with van der Waals surface area (Å²) in [5.74, 6) is 1.41. The van der Waals surface area contributed by atoms with Crippen LogP contribution in [0.2, 0.25) is 0 Å². The summed E-state index contributed by atoms with van der Waals surface area (Å²) in [6, 6.07) is 0. The molecule has 0 radical (unpaired) electrons. The van der Waals surface area contributed by atoms with Crippen molar-refractivity contribution in [3.05, 3.63) is 11.6 Å². The van der Waals surface area contributed by atoms with E-state index in [1.54, 1.807) is 5.57 Å². The van der Waals surface area contributed by atoms with E-state index in [0.717, 1.165) is 44.9 Å². The van der Waals surface area contributed by atoms with Crippen molar-refractivity contribution >= 4 is 0 Å². The molecule has 5 rings (SSSR count). The molecular weight excluding hydrogens is 408 g/mol. The van der Waals surface area contributed by atoms with E-state index in [1.807, 2.05) is 0 Å². The minimum Gasteiger partial charge on any atom is -0.396 e. The second-order valence-electron chi connectivity index (χ2n) is 15.2. The zero-order chi connectivity index (χ0) is 24.2. The molecule has 0 unspecified atom stereocenters. The van der Waals surface area contributed by atoms with Crippen molar-refractivity contribution in [2.24, 2.45) is 50.2 Å². The normalized spacial score (nSPS) is 54.8. The lowest BCUT2D eigenvalue weighted by Crippen LogP contribution is -2.67. The topological polar surface area (TPSA) is 60.7 Å². The highest BCUT2D eigenvalue weighted by Gasteiger charge is 2.69. The van der Waals surface area contributed by atoms with Gasteiger partial charge in [0, 0.05) is 5.41 Å². The zero-order valence-corrected chi connectivity index (χ0v) is 22.4. The summed E-state index contributed by atoms with van der Waals surface area (Å²) in [7, 11) is 0. The van der Waals surface area contributed by atoms with E-state index in [2.05, 4.69) is 54.5 Å². The van der Waals surface area contributed by atoms with Gasteiger partial charge in [-0.2, -0.15) is 0 Å². The molecule has 0 bridgehead atoms. The molecule has 3 heteroatoms. The van der Waals surface area contributed by atoms with Gasteiger partial charge in [-0.15, -0.1) is 0 Å². The van der Waals surface area contributed by atoms with Crippen LogP contribution in [-0.4, -0.2) is 34.1 Å². The molecule has 0 saturated heterocycles. The smallest absolute Gasteiger partial charge is 0.0632 e. The first-order valence-corrected chi connectivity index (χ1v) is 13.9. The second kappa shape index (κ2) is 7.10. The van der Waals surface area contributed by atoms with Crippen molar-refractivity contribution in [2.75, 3.05) is 6.61 Å². The molecular formula is C30H50O3. The Hall–Kier alpha value is -0.380. The summed E-state index contributed by atoms with van der Waals surface area (Å²) < 4.78 is 0. The SMILES string of the molecule is CC1(C)CC[C@]2(CO)[C@@H](O)C[C@@]3(C)C(=CC[C@@H]4[C@]5(C)CC[C@H](O)C(C)(C)[C@@H]5CC[C@]43C)[C@@H]2C1. The first-order valence-electron chi connectivity index (χ1n) is 13.9. The van der Waals surface area contributed by atoms with Crippen molar-refractivity contribution < 1.29 is 15.3 Å². The molecule has 0 aliphatic heterocycles. The Morgan fingerprint density at radius 1 is 0.818 bits per heavy atom. The maximum absolute atomic E-state index is 11.7. The number of rotatable bonds is 1. The summed E-state index contributed by atoms with van der Waals surface area (Å²) in [6.45, 7) is 17.0. The third kappa shape index (κ3) is 2.91. The van der Waals surface area contributed by atoms with Gasteiger partial charge in [-0.1, -0.05) is 60.1 Å². The van der Waals surface area contributed by atoms with Gasteiger partial charge in [0.15, 0.2) is 0 Å². The summed E-state index contributed by atoms with van der Waals surface area (Å²) in [6.07, 6.45) is 11.3. The molecule has 4 fully saturated rings. The van der Waals surface area contributed by atoms with E-state index >= 15 is 0 Å². The van der Waals surface area contributed by atoms with Gasteiger partial charge in [-0.25, -0.2) is 0 Å². The fourth-order valence-corrected chi connectivity index (χ4v) is 10.7. The molecule has 3 nitrogen and oxygen atoms in total. The fraction of sp³-hybridized carbons (Fsp3) is 0.933. The number of aliphatic hydroxyl groups excluding tert-OH is 3. The highest BCUT2D eigenvalue weighted by atomic mass is 16.3. The molecule has 9 atom stereocenters. The van der Waals surface area contributed by atoms with Crippen LogP contribution in [0, 0.1) is 50.2 Å². The lowest BCUT2D eigenvalue weighted by Gasteiger charge is -2.72. The Morgan fingerprint density at radius 2 is 1.52 bits per heavy atom. The van der Waals surface area contributed by atoms with Gasteiger partial charge < -0.3 is 15.3 Å². The van der Waals surface area contributed by atoms with E-state index in [1.165, 1.54) is 12.8 Å².